The third-order valence-electron chi connectivity index (χ3n) is 2.19. The molecule has 0 aliphatic carbocycles. The number of nitrogens with zero attached hydrogens (tertiary/aromatic N) is 1. The summed E-state index contributed by atoms with van der Waals surface area (Å²) in [4.78, 5) is 4.63. The van der Waals surface area contributed by atoms with Gasteiger partial charge >= 0.3 is 0 Å². The molecule has 16 heavy (non-hydrogen) atoms. The van der Waals surface area contributed by atoms with Crippen LogP contribution in [0.5, 0.6) is 0 Å². The molecule has 2 rings (SSSR count). The zero-order valence-electron chi connectivity index (χ0n) is 8.73. The van der Waals surface area contributed by atoms with Gasteiger partial charge in [0.25, 0.3) is 0 Å². The van der Waals surface area contributed by atoms with Crippen LogP contribution in [0, 0.1) is 6.92 Å². The minimum absolute atomic E-state index is 0.364. The minimum atomic E-state index is 0.364. The Hall–Kier alpha value is -1.46. The molecule has 3 nitrogen and oxygen atoms in total. The number of aryl methyl sites for hydroxylation is 1. The van der Waals surface area contributed by atoms with Crippen LogP contribution in [0.3, 0.4) is 0 Å². The Bertz CT molecular complexity index is 506. The van der Waals surface area contributed by atoms with E-state index in [0.29, 0.717) is 10.8 Å². The molecule has 2 heterocycles. The summed E-state index contributed by atoms with van der Waals surface area (Å²) in [6.07, 6.45) is 1.74. The van der Waals surface area contributed by atoms with E-state index in [0.717, 1.165) is 16.8 Å². The van der Waals surface area contributed by atoms with Gasteiger partial charge in [-0.3, -0.25) is 0 Å². The highest BCUT2D eigenvalue weighted by atomic mass is 32.1. The van der Waals surface area contributed by atoms with Gasteiger partial charge in [-0.15, -0.1) is 0 Å². The molecular weight excluding hydrogens is 238 g/mol. The molecule has 0 aliphatic heterocycles. The zero-order chi connectivity index (χ0) is 11.5. The van der Waals surface area contributed by atoms with E-state index in [9.17, 15) is 0 Å². The number of pyridine rings is 1. The molecular formula is C11H11N3S2. The van der Waals surface area contributed by atoms with E-state index in [4.69, 9.17) is 18.0 Å². The Balaban J connectivity index is 2.40. The Kier molecular flexibility index (Phi) is 3.17. The topological polar surface area (TPSA) is 50.9 Å². The van der Waals surface area contributed by atoms with Crippen LogP contribution in [-0.2, 0) is 0 Å². The molecule has 0 saturated heterocycles. The zero-order valence-corrected chi connectivity index (χ0v) is 10.4. The summed E-state index contributed by atoms with van der Waals surface area (Å²) in [6.45, 7) is 1.97. The summed E-state index contributed by atoms with van der Waals surface area (Å²) in [6, 6.07) is 3.88. The number of hydrogen-bond acceptors (Lipinski definition) is 4. The molecule has 0 bridgehead atoms. The fourth-order valence-electron chi connectivity index (χ4n) is 1.44. The van der Waals surface area contributed by atoms with E-state index in [1.165, 1.54) is 0 Å². The standard InChI is InChI=1S/C11H11N3S2/c1-7-2-4-13-11(9(7)10(12)15)14-8-3-5-16-6-8/h2-6H,1H3,(H2,12,15)(H,13,14). The Morgan fingerprint density at radius 2 is 2.31 bits per heavy atom. The fourth-order valence-corrected chi connectivity index (χ4v) is 2.28. The van der Waals surface area contributed by atoms with Crippen LogP contribution in [0.2, 0.25) is 0 Å². The number of aromatic nitrogens is 1. The second-order valence-corrected chi connectivity index (χ2v) is 4.57. The van der Waals surface area contributed by atoms with Crippen LogP contribution in [0.1, 0.15) is 11.1 Å². The molecule has 82 valence electrons. The van der Waals surface area contributed by atoms with Gasteiger partial charge in [0.05, 0.1) is 11.3 Å². The summed E-state index contributed by atoms with van der Waals surface area (Å²) in [7, 11) is 0. The number of rotatable bonds is 3. The van der Waals surface area contributed by atoms with E-state index in [1.807, 2.05) is 29.8 Å². The number of thiocarbonyl (C=S) groups is 1. The van der Waals surface area contributed by atoms with Crippen molar-refractivity contribution in [2.45, 2.75) is 6.92 Å². The highest BCUT2D eigenvalue weighted by molar-refractivity contribution is 7.80. The van der Waals surface area contributed by atoms with E-state index in [-0.39, 0.29) is 0 Å². The highest BCUT2D eigenvalue weighted by Crippen LogP contribution is 2.22. The van der Waals surface area contributed by atoms with Crippen LogP contribution in [0.25, 0.3) is 0 Å². The molecule has 0 radical (unpaired) electrons. The molecule has 0 aromatic carbocycles. The largest absolute Gasteiger partial charge is 0.389 e. The van der Waals surface area contributed by atoms with Crippen molar-refractivity contribution < 1.29 is 0 Å². The van der Waals surface area contributed by atoms with Crippen LogP contribution in [0.15, 0.2) is 29.1 Å². The van der Waals surface area contributed by atoms with E-state index in [1.54, 1.807) is 17.5 Å². The molecule has 5 heteroatoms. The number of nitrogens with one attached hydrogen (secondary N) is 1. The summed E-state index contributed by atoms with van der Waals surface area (Å²) < 4.78 is 0. The molecule has 0 atom stereocenters. The van der Waals surface area contributed by atoms with Crippen molar-refractivity contribution in [1.82, 2.24) is 4.98 Å². The summed E-state index contributed by atoms with van der Waals surface area (Å²) in [5.41, 5.74) is 8.54. The van der Waals surface area contributed by atoms with Crippen molar-refractivity contribution in [3.05, 3.63) is 40.2 Å². The van der Waals surface area contributed by atoms with Crippen LogP contribution in [0.4, 0.5) is 11.5 Å². The Morgan fingerprint density at radius 1 is 1.50 bits per heavy atom. The van der Waals surface area contributed by atoms with Crippen molar-refractivity contribution >= 4 is 40.0 Å². The van der Waals surface area contributed by atoms with Gasteiger partial charge in [-0.2, -0.15) is 11.3 Å². The van der Waals surface area contributed by atoms with Crippen molar-refractivity contribution in [3.8, 4) is 0 Å². The second-order valence-electron chi connectivity index (χ2n) is 3.35. The predicted octanol–water partition coefficient (Wildman–Crippen LogP) is 2.83. The number of nitrogens with two attached hydrogens (primary N) is 1. The Morgan fingerprint density at radius 3 is 2.94 bits per heavy atom. The number of anilines is 2. The van der Waals surface area contributed by atoms with Gasteiger partial charge in [0.2, 0.25) is 0 Å². The molecule has 2 aromatic rings. The van der Waals surface area contributed by atoms with Crippen molar-refractivity contribution in [1.29, 1.82) is 0 Å². The average molecular weight is 249 g/mol. The molecule has 0 saturated carbocycles. The lowest BCUT2D eigenvalue weighted by Crippen LogP contribution is -2.14. The van der Waals surface area contributed by atoms with Gasteiger partial charge in [0.15, 0.2) is 0 Å². The van der Waals surface area contributed by atoms with Crippen molar-refractivity contribution in [3.63, 3.8) is 0 Å². The van der Waals surface area contributed by atoms with Crippen molar-refractivity contribution in [2.24, 2.45) is 5.73 Å². The van der Waals surface area contributed by atoms with Gasteiger partial charge in [0, 0.05) is 11.6 Å². The maximum atomic E-state index is 5.70. The van der Waals surface area contributed by atoms with Crippen LogP contribution < -0.4 is 11.1 Å². The van der Waals surface area contributed by atoms with Gasteiger partial charge in [-0.1, -0.05) is 12.2 Å². The van der Waals surface area contributed by atoms with Crippen molar-refractivity contribution in [2.75, 3.05) is 5.32 Å². The smallest absolute Gasteiger partial charge is 0.140 e. The Labute approximate surface area is 103 Å². The number of hydrogen-bond donors (Lipinski definition) is 2. The monoisotopic (exact) mass is 249 g/mol. The first-order valence-corrected chi connectivity index (χ1v) is 6.08. The average Bonchev–Trinajstić information content (AvgIpc) is 2.70. The summed E-state index contributed by atoms with van der Waals surface area (Å²) in [5.74, 6) is 0.714. The van der Waals surface area contributed by atoms with E-state index < -0.39 is 0 Å². The lowest BCUT2D eigenvalue weighted by atomic mass is 10.1. The quantitative estimate of drug-likeness (QED) is 0.821. The maximum Gasteiger partial charge on any atom is 0.140 e. The SMILES string of the molecule is Cc1ccnc(Nc2ccsc2)c1C(N)=S. The molecule has 3 N–H and O–H groups in total. The minimum Gasteiger partial charge on any atom is -0.389 e. The molecule has 0 aliphatic rings. The van der Waals surface area contributed by atoms with Gasteiger partial charge in [-0.25, -0.2) is 4.98 Å². The maximum absolute atomic E-state index is 5.70. The third-order valence-corrected chi connectivity index (χ3v) is 3.08. The summed E-state index contributed by atoms with van der Waals surface area (Å²) in [5, 5.41) is 7.21. The lowest BCUT2D eigenvalue weighted by molar-refractivity contribution is 1.26. The lowest BCUT2D eigenvalue weighted by Gasteiger charge is -2.10. The molecule has 0 spiro atoms. The predicted molar refractivity (Wildman–Crippen MR) is 72.5 cm³/mol. The molecule has 0 amide bonds. The van der Waals surface area contributed by atoms with Gasteiger partial charge in [-0.05, 0) is 30.0 Å². The van der Waals surface area contributed by atoms with Gasteiger partial charge in [0.1, 0.15) is 10.8 Å². The molecule has 0 unspecified atom stereocenters. The highest BCUT2D eigenvalue weighted by Gasteiger charge is 2.09. The third kappa shape index (κ3) is 2.20. The fraction of sp³-hybridized carbons (Fsp3) is 0.0909. The van der Waals surface area contributed by atoms with E-state index >= 15 is 0 Å². The second kappa shape index (κ2) is 4.59. The first-order chi connectivity index (χ1) is 7.68. The first kappa shape index (κ1) is 11.0. The van der Waals surface area contributed by atoms with Gasteiger partial charge < -0.3 is 11.1 Å². The van der Waals surface area contributed by atoms with E-state index in [2.05, 4.69) is 10.3 Å². The molecule has 2 aromatic heterocycles. The molecule has 0 fully saturated rings. The van der Waals surface area contributed by atoms with Crippen LogP contribution >= 0.6 is 23.6 Å². The van der Waals surface area contributed by atoms with Crippen LogP contribution in [-0.4, -0.2) is 9.97 Å². The first-order valence-electron chi connectivity index (χ1n) is 4.73. The summed E-state index contributed by atoms with van der Waals surface area (Å²) >= 11 is 6.66. The normalized spacial score (nSPS) is 10.1. The number of thiophene rings is 1.